The number of ketones is 1. The number of alkyl halides is 3. The predicted octanol–water partition coefficient (Wildman–Crippen LogP) is 8.52. The minimum absolute atomic E-state index is 0.0732. The van der Waals surface area contributed by atoms with Gasteiger partial charge >= 0.3 is 12.1 Å². The van der Waals surface area contributed by atoms with E-state index in [4.69, 9.17) is 33.0 Å². The molecule has 0 bridgehead atoms. The van der Waals surface area contributed by atoms with Gasteiger partial charge < -0.3 is 9.84 Å². The van der Waals surface area contributed by atoms with Gasteiger partial charge in [-0.1, -0.05) is 66.0 Å². The molecule has 3 rings (SSSR count). The molecule has 1 unspecified atom stereocenters. The van der Waals surface area contributed by atoms with Crippen LogP contribution in [0.1, 0.15) is 61.6 Å². The number of Topliss-reactive ketones (excluding diaryl/α,β-unsaturated/α-hetero) is 1. The molecule has 0 aliphatic carbocycles. The van der Waals surface area contributed by atoms with Gasteiger partial charge in [-0.25, -0.2) is 0 Å². The lowest BCUT2D eigenvalue weighted by atomic mass is 9.83. The van der Waals surface area contributed by atoms with Gasteiger partial charge in [0.1, 0.15) is 12.4 Å². The Kier molecular flexibility index (Phi) is 11.9. The molecule has 226 valence electrons. The minimum Gasteiger partial charge on any atom is -0.492 e. The van der Waals surface area contributed by atoms with Crippen molar-refractivity contribution in [1.82, 2.24) is 4.90 Å². The zero-order valence-corrected chi connectivity index (χ0v) is 25.0. The molecule has 3 aromatic carbocycles. The predicted molar refractivity (Wildman–Crippen MR) is 158 cm³/mol. The number of ether oxygens (including phenoxy) is 1. The first-order valence-electron chi connectivity index (χ1n) is 13.6. The second-order valence-electron chi connectivity index (χ2n) is 10.4. The van der Waals surface area contributed by atoms with Crippen molar-refractivity contribution >= 4 is 35.0 Å². The summed E-state index contributed by atoms with van der Waals surface area (Å²) in [4.78, 5) is 24.7. The molecule has 0 aliphatic heterocycles. The fourth-order valence-corrected chi connectivity index (χ4v) is 5.16. The van der Waals surface area contributed by atoms with Crippen molar-refractivity contribution in [2.45, 2.75) is 56.7 Å². The number of hydrogen-bond donors (Lipinski definition) is 1. The van der Waals surface area contributed by atoms with Gasteiger partial charge in [-0.3, -0.25) is 14.5 Å². The maximum absolute atomic E-state index is 13.0. The van der Waals surface area contributed by atoms with Crippen LogP contribution in [0, 0.1) is 0 Å². The second-order valence-corrected chi connectivity index (χ2v) is 11.3. The molecule has 5 nitrogen and oxygen atoms in total. The first kappa shape index (κ1) is 33.4. The number of nitrogens with zero attached hydrogens (tertiary/aromatic N) is 1. The highest BCUT2D eigenvalue weighted by molar-refractivity contribution is 6.30. The number of carbonyl (C=O) groups excluding carboxylic acids is 1. The fraction of sp³-hybridized carbons (Fsp3) is 0.375. The van der Waals surface area contributed by atoms with Crippen LogP contribution in [0.2, 0.25) is 10.0 Å². The van der Waals surface area contributed by atoms with Crippen LogP contribution in [0.5, 0.6) is 5.75 Å². The topological polar surface area (TPSA) is 66.8 Å². The number of likely N-dealkylation sites (N-methyl/N-ethyl adjacent to an activating group) is 1. The standard InChI is InChI=1S/C32H34Cl2F3NO4/c1-31(24-9-13-26(33)14-10-24,25-11-15-27(34)16-12-25)38(2)19-20-42-28-17-7-22(8-18-28)23(5-3-4-6-30(40)41)21-29(39)32(35,36)37/h7-18,23H,3-6,19-21H2,1-2H3,(H,40,41). The smallest absolute Gasteiger partial charge is 0.449 e. The Balaban J connectivity index is 1.69. The summed E-state index contributed by atoms with van der Waals surface area (Å²) in [6.07, 6.45) is -4.68. The third-order valence-electron chi connectivity index (χ3n) is 7.56. The van der Waals surface area contributed by atoms with E-state index in [0.29, 0.717) is 47.4 Å². The molecular weight excluding hydrogens is 590 g/mol. The lowest BCUT2D eigenvalue weighted by Crippen LogP contribution is -2.44. The average Bonchev–Trinajstić information content (AvgIpc) is 2.94. The molecule has 1 atom stereocenters. The molecule has 0 spiro atoms. The molecule has 0 aromatic heterocycles. The summed E-state index contributed by atoms with van der Waals surface area (Å²) >= 11 is 12.3. The molecule has 1 N–H and O–H groups in total. The molecule has 42 heavy (non-hydrogen) atoms. The summed E-state index contributed by atoms with van der Waals surface area (Å²) in [6, 6.07) is 22.0. The number of hydrogen-bond acceptors (Lipinski definition) is 4. The van der Waals surface area contributed by atoms with Crippen molar-refractivity contribution in [2.75, 3.05) is 20.2 Å². The highest BCUT2D eigenvalue weighted by Gasteiger charge is 2.39. The summed E-state index contributed by atoms with van der Waals surface area (Å²) < 4.78 is 44.9. The fourth-order valence-electron chi connectivity index (χ4n) is 4.91. The summed E-state index contributed by atoms with van der Waals surface area (Å²) in [6.45, 7) is 2.97. The summed E-state index contributed by atoms with van der Waals surface area (Å²) in [7, 11) is 1.99. The number of carbonyl (C=O) groups is 2. The van der Waals surface area contributed by atoms with Crippen LogP contribution < -0.4 is 4.74 Å². The van der Waals surface area contributed by atoms with Crippen LogP contribution in [0.25, 0.3) is 0 Å². The van der Waals surface area contributed by atoms with Gasteiger partial charge in [0.15, 0.2) is 0 Å². The van der Waals surface area contributed by atoms with Crippen LogP contribution in [0.15, 0.2) is 72.8 Å². The second kappa shape index (κ2) is 14.9. The van der Waals surface area contributed by atoms with E-state index in [1.165, 1.54) is 0 Å². The van der Waals surface area contributed by atoms with E-state index < -0.39 is 35.8 Å². The van der Waals surface area contributed by atoms with Crippen LogP contribution in [0.3, 0.4) is 0 Å². The van der Waals surface area contributed by atoms with Crippen molar-refractivity contribution in [3.05, 3.63) is 99.5 Å². The van der Waals surface area contributed by atoms with Gasteiger partial charge in [0, 0.05) is 29.4 Å². The Morgan fingerprint density at radius 2 is 1.40 bits per heavy atom. The van der Waals surface area contributed by atoms with Crippen molar-refractivity contribution in [2.24, 2.45) is 0 Å². The Bertz CT molecular complexity index is 1270. The number of aliphatic carboxylic acids is 1. The Labute approximate surface area is 254 Å². The van der Waals surface area contributed by atoms with Crippen LogP contribution in [0.4, 0.5) is 13.2 Å². The Hall–Kier alpha value is -3.07. The molecule has 3 aromatic rings. The van der Waals surface area contributed by atoms with Crippen molar-refractivity contribution in [1.29, 1.82) is 0 Å². The van der Waals surface area contributed by atoms with E-state index in [1.54, 1.807) is 24.3 Å². The number of carboxylic acids is 1. The molecule has 0 heterocycles. The molecule has 0 fully saturated rings. The highest BCUT2D eigenvalue weighted by atomic mass is 35.5. The maximum Gasteiger partial charge on any atom is 0.449 e. The van der Waals surface area contributed by atoms with Crippen LogP contribution >= 0.6 is 23.2 Å². The zero-order chi connectivity index (χ0) is 30.9. The first-order valence-corrected chi connectivity index (χ1v) is 14.3. The third kappa shape index (κ3) is 9.21. The summed E-state index contributed by atoms with van der Waals surface area (Å²) in [5.74, 6) is -2.89. The van der Waals surface area contributed by atoms with E-state index in [2.05, 4.69) is 11.8 Å². The molecule has 0 radical (unpaired) electrons. The molecule has 0 saturated carbocycles. The van der Waals surface area contributed by atoms with E-state index in [0.717, 1.165) is 11.1 Å². The lowest BCUT2D eigenvalue weighted by Gasteiger charge is -2.40. The number of carboxylic acid groups (broad SMARTS) is 1. The van der Waals surface area contributed by atoms with Crippen LogP contribution in [-0.4, -0.2) is 48.1 Å². The molecule has 0 saturated heterocycles. The largest absolute Gasteiger partial charge is 0.492 e. The van der Waals surface area contributed by atoms with Crippen molar-refractivity contribution in [3.8, 4) is 5.75 Å². The molecular formula is C32H34Cl2F3NO4. The van der Waals surface area contributed by atoms with E-state index >= 15 is 0 Å². The number of rotatable bonds is 15. The molecule has 0 aliphatic rings. The van der Waals surface area contributed by atoms with Crippen LogP contribution in [-0.2, 0) is 15.1 Å². The normalized spacial score (nSPS) is 12.8. The summed E-state index contributed by atoms with van der Waals surface area (Å²) in [5, 5.41) is 10.1. The number of benzene rings is 3. The summed E-state index contributed by atoms with van der Waals surface area (Å²) in [5.41, 5.74) is 2.11. The van der Waals surface area contributed by atoms with E-state index in [1.807, 2.05) is 55.6 Å². The zero-order valence-electron chi connectivity index (χ0n) is 23.5. The van der Waals surface area contributed by atoms with Crippen molar-refractivity contribution in [3.63, 3.8) is 0 Å². The SMILES string of the molecule is CN(CCOc1ccc(C(CCCCC(=O)O)CC(=O)C(F)(F)F)cc1)C(C)(c1ccc(Cl)cc1)c1ccc(Cl)cc1. The average molecular weight is 625 g/mol. The maximum atomic E-state index is 13.0. The van der Waals surface area contributed by atoms with Gasteiger partial charge in [0.25, 0.3) is 0 Å². The van der Waals surface area contributed by atoms with E-state index in [-0.39, 0.29) is 12.8 Å². The van der Waals surface area contributed by atoms with Crippen molar-refractivity contribution < 1.29 is 32.6 Å². The number of halogens is 5. The van der Waals surface area contributed by atoms with Gasteiger partial charge in [0.2, 0.25) is 5.78 Å². The van der Waals surface area contributed by atoms with Gasteiger partial charge in [-0.2, -0.15) is 13.2 Å². The quantitative estimate of drug-likeness (QED) is 0.172. The van der Waals surface area contributed by atoms with Gasteiger partial charge in [0.05, 0.1) is 5.54 Å². The van der Waals surface area contributed by atoms with Gasteiger partial charge in [-0.05, 0) is 85.8 Å². The molecule has 10 heteroatoms. The van der Waals surface area contributed by atoms with E-state index in [9.17, 15) is 22.8 Å². The lowest BCUT2D eigenvalue weighted by molar-refractivity contribution is -0.171. The number of unbranched alkanes of at least 4 members (excludes halogenated alkanes) is 1. The molecule has 0 amide bonds. The third-order valence-corrected chi connectivity index (χ3v) is 8.07. The minimum atomic E-state index is -4.92. The highest BCUT2D eigenvalue weighted by Crippen LogP contribution is 2.36. The monoisotopic (exact) mass is 623 g/mol. The van der Waals surface area contributed by atoms with Gasteiger partial charge in [-0.15, -0.1) is 0 Å². The first-order chi connectivity index (χ1) is 19.8. The Morgan fingerprint density at radius 1 is 0.881 bits per heavy atom. The Morgan fingerprint density at radius 3 is 1.88 bits per heavy atom.